The van der Waals surface area contributed by atoms with Gasteiger partial charge in [-0.1, -0.05) is 39.5 Å². The average molecular weight is 195 g/mol. The van der Waals surface area contributed by atoms with Gasteiger partial charge in [0.05, 0.1) is 0 Å². The third kappa shape index (κ3) is 3.05. The first-order valence-electron chi connectivity index (χ1n) is 5.54. The number of unbranched alkanes of at least 4 members (excludes halogenated alkanes) is 3. The molecule has 0 aliphatic rings. The molecule has 0 aliphatic heterocycles. The highest BCUT2D eigenvalue weighted by Crippen LogP contribution is 2.19. The molecular formula is C11H21N3. The molecule has 80 valence electrons. The Morgan fingerprint density at radius 2 is 2.21 bits per heavy atom. The highest BCUT2D eigenvalue weighted by Gasteiger charge is 2.09. The first-order valence-corrected chi connectivity index (χ1v) is 5.54. The number of nitrogens with two attached hydrogens (primary N) is 1. The van der Waals surface area contributed by atoms with Crippen molar-refractivity contribution in [3.05, 3.63) is 18.2 Å². The first kappa shape index (κ1) is 11.1. The maximum atomic E-state index is 5.73. The predicted octanol–water partition coefficient (Wildman–Crippen LogP) is 2.67. The predicted molar refractivity (Wildman–Crippen MR) is 59.6 cm³/mol. The van der Waals surface area contributed by atoms with Crippen molar-refractivity contribution in [2.45, 2.75) is 51.9 Å². The number of hydrogen-bond acceptors (Lipinski definition) is 2. The van der Waals surface area contributed by atoms with Gasteiger partial charge in [-0.2, -0.15) is 0 Å². The zero-order chi connectivity index (χ0) is 10.4. The van der Waals surface area contributed by atoms with Crippen LogP contribution in [-0.2, 0) is 0 Å². The lowest BCUT2D eigenvalue weighted by Gasteiger charge is -2.10. The van der Waals surface area contributed by atoms with Crippen molar-refractivity contribution < 1.29 is 0 Å². The van der Waals surface area contributed by atoms with E-state index in [-0.39, 0.29) is 0 Å². The van der Waals surface area contributed by atoms with Crippen molar-refractivity contribution in [2.75, 3.05) is 5.84 Å². The molecular weight excluding hydrogens is 174 g/mol. The lowest BCUT2D eigenvalue weighted by Crippen LogP contribution is -2.13. The van der Waals surface area contributed by atoms with Crippen LogP contribution in [0.3, 0.4) is 0 Å². The van der Waals surface area contributed by atoms with Crippen LogP contribution in [0, 0.1) is 0 Å². The summed E-state index contributed by atoms with van der Waals surface area (Å²) in [5.41, 5.74) is 0. The summed E-state index contributed by atoms with van der Waals surface area (Å²) in [6.45, 7) is 4.42. The van der Waals surface area contributed by atoms with Crippen LogP contribution in [0.15, 0.2) is 12.4 Å². The van der Waals surface area contributed by atoms with Crippen LogP contribution in [0.2, 0.25) is 0 Å². The highest BCUT2D eigenvalue weighted by molar-refractivity contribution is 4.98. The molecule has 2 N–H and O–H groups in total. The van der Waals surface area contributed by atoms with Crippen LogP contribution >= 0.6 is 0 Å². The number of nitrogens with zero attached hydrogens (tertiary/aromatic N) is 2. The highest BCUT2D eigenvalue weighted by atomic mass is 15.3. The van der Waals surface area contributed by atoms with Gasteiger partial charge in [0.2, 0.25) is 0 Å². The number of aromatic nitrogens is 2. The van der Waals surface area contributed by atoms with Crippen LogP contribution in [0.4, 0.5) is 0 Å². The van der Waals surface area contributed by atoms with E-state index in [0.29, 0.717) is 5.92 Å². The minimum absolute atomic E-state index is 0.479. The molecule has 0 radical (unpaired) electrons. The van der Waals surface area contributed by atoms with E-state index in [1.54, 1.807) is 17.1 Å². The summed E-state index contributed by atoms with van der Waals surface area (Å²) in [5, 5.41) is 0. The molecule has 1 unspecified atom stereocenters. The van der Waals surface area contributed by atoms with Crippen LogP contribution in [0.5, 0.6) is 0 Å². The van der Waals surface area contributed by atoms with Gasteiger partial charge in [0.1, 0.15) is 5.82 Å². The summed E-state index contributed by atoms with van der Waals surface area (Å²) in [5.74, 6) is 7.21. The number of imidazole rings is 1. The standard InChI is InChI=1S/C11H21N3/c1-3-4-5-6-7-10(2)11-13-8-9-14(11)12/h8-10H,3-7,12H2,1-2H3. The third-order valence-corrected chi connectivity index (χ3v) is 2.63. The van der Waals surface area contributed by atoms with Gasteiger partial charge in [-0.15, -0.1) is 0 Å². The molecule has 0 aromatic carbocycles. The van der Waals surface area contributed by atoms with E-state index in [1.165, 1.54) is 32.1 Å². The second-order valence-corrected chi connectivity index (χ2v) is 3.94. The largest absolute Gasteiger partial charge is 0.338 e. The van der Waals surface area contributed by atoms with E-state index >= 15 is 0 Å². The van der Waals surface area contributed by atoms with Gasteiger partial charge in [-0.25, -0.2) is 4.98 Å². The van der Waals surface area contributed by atoms with E-state index in [4.69, 9.17) is 5.84 Å². The Morgan fingerprint density at radius 1 is 1.43 bits per heavy atom. The zero-order valence-electron chi connectivity index (χ0n) is 9.24. The molecule has 1 heterocycles. The fourth-order valence-electron chi connectivity index (χ4n) is 1.71. The van der Waals surface area contributed by atoms with Gasteiger partial charge in [0.15, 0.2) is 0 Å². The van der Waals surface area contributed by atoms with Crippen molar-refractivity contribution in [3.63, 3.8) is 0 Å². The molecule has 1 rings (SSSR count). The smallest absolute Gasteiger partial charge is 0.129 e. The minimum atomic E-state index is 0.479. The van der Waals surface area contributed by atoms with Crippen molar-refractivity contribution >= 4 is 0 Å². The molecule has 3 heteroatoms. The molecule has 1 aromatic heterocycles. The van der Waals surface area contributed by atoms with Gasteiger partial charge >= 0.3 is 0 Å². The Hall–Kier alpha value is -0.990. The molecule has 14 heavy (non-hydrogen) atoms. The Kier molecular flexibility index (Phi) is 4.50. The second kappa shape index (κ2) is 5.68. The first-order chi connectivity index (χ1) is 6.75. The zero-order valence-corrected chi connectivity index (χ0v) is 9.24. The normalized spacial score (nSPS) is 13.0. The van der Waals surface area contributed by atoms with Crippen molar-refractivity contribution in [2.24, 2.45) is 0 Å². The molecule has 0 bridgehead atoms. The average Bonchev–Trinajstić information content (AvgIpc) is 2.59. The molecule has 1 atom stereocenters. The fourth-order valence-corrected chi connectivity index (χ4v) is 1.71. The topological polar surface area (TPSA) is 43.8 Å². The summed E-state index contributed by atoms with van der Waals surface area (Å²) >= 11 is 0. The van der Waals surface area contributed by atoms with Gasteiger partial charge in [0, 0.05) is 18.3 Å². The Balaban J connectivity index is 2.28. The number of rotatable bonds is 6. The minimum Gasteiger partial charge on any atom is -0.338 e. The van der Waals surface area contributed by atoms with Crippen LogP contribution in [-0.4, -0.2) is 9.66 Å². The van der Waals surface area contributed by atoms with Crippen LogP contribution < -0.4 is 5.84 Å². The van der Waals surface area contributed by atoms with E-state index in [1.807, 2.05) is 0 Å². The summed E-state index contributed by atoms with van der Waals surface area (Å²) in [6, 6.07) is 0. The number of hydrogen-bond donors (Lipinski definition) is 1. The molecule has 0 spiro atoms. The fraction of sp³-hybridized carbons (Fsp3) is 0.727. The number of nitrogen functional groups attached to an aromatic ring is 1. The maximum Gasteiger partial charge on any atom is 0.129 e. The lowest BCUT2D eigenvalue weighted by molar-refractivity contribution is 0.554. The van der Waals surface area contributed by atoms with Crippen LogP contribution in [0.25, 0.3) is 0 Å². The SMILES string of the molecule is CCCCCCC(C)c1nccn1N. The summed E-state index contributed by atoms with van der Waals surface area (Å²) in [6.07, 6.45) is 9.99. The molecule has 0 amide bonds. The molecule has 0 fully saturated rings. The van der Waals surface area contributed by atoms with Crippen molar-refractivity contribution in [3.8, 4) is 0 Å². The Bertz CT molecular complexity index is 255. The summed E-state index contributed by atoms with van der Waals surface area (Å²) in [7, 11) is 0. The molecule has 0 saturated heterocycles. The lowest BCUT2D eigenvalue weighted by atomic mass is 10.0. The summed E-state index contributed by atoms with van der Waals surface area (Å²) in [4.78, 5) is 4.25. The quantitative estimate of drug-likeness (QED) is 0.560. The third-order valence-electron chi connectivity index (χ3n) is 2.63. The van der Waals surface area contributed by atoms with Gasteiger partial charge in [0.25, 0.3) is 0 Å². The molecule has 0 saturated carbocycles. The van der Waals surface area contributed by atoms with E-state index in [9.17, 15) is 0 Å². The van der Waals surface area contributed by atoms with E-state index < -0.39 is 0 Å². The van der Waals surface area contributed by atoms with Gasteiger partial charge in [-0.3, -0.25) is 4.68 Å². The Labute approximate surface area is 86.3 Å². The van der Waals surface area contributed by atoms with Gasteiger partial charge < -0.3 is 5.84 Å². The van der Waals surface area contributed by atoms with Crippen LogP contribution in [0.1, 0.15) is 57.7 Å². The molecule has 0 aliphatic carbocycles. The van der Waals surface area contributed by atoms with Gasteiger partial charge in [-0.05, 0) is 6.42 Å². The summed E-state index contributed by atoms with van der Waals surface area (Å²) < 4.78 is 1.63. The molecule has 1 aromatic rings. The maximum absolute atomic E-state index is 5.73. The van der Waals surface area contributed by atoms with Crippen molar-refractivity contribution in [1.82, 2.24) is 9.66 Å². The van der Waals surface area contributed by atoms with Crippen molar-refractivity contribution in [1.29, 1.82) is 0 Å². The monoisotopic (exact) mass is 195 g/mol. The molecule has 3 nitrogen and oxygen atoms in total. The van der Waals surface area contributed by atoms with E-state index in [2.05, 4.69) is 18.8 Å². The van der Waals surface area contributed by atoms with E-state index in [0.717, 1.165) is 5.82 Å². The second-order valence-electron chi connectivity index (χ2n) is 3.94. The Morgan fingerprint density at radius 3 is 2.79 bits per heavy atom.